The minimum absolute atomic E-state index is 0.00780. The molecule has 3 aromatic carbocycles. The molecule has 0 amide bonds. The van der Waals surface area contributed by atoms with E-state index in [9.17, 15) is 14.4 Å². The molecular weight excluding hydrogens is 494 g/mol. The van der Waals surface area contributed by atoms with E-state index >= 15 is 0 Å². The van der Waals surface area contributed by atoms with E-state index in [0.29, 0.717) is 33.7 Å². The molecule has 8 nitrogen and oxygen atoms in total. The maximum absolute atomic E-state index is 11.8. The monoisotopic (exact) mass is 525 g/mol. The van der Waals surface area contributed by atoms with Gasteiger partial charge in [0.25, 0.3) is 10.9 Å². The SMILES string of the molecule is CCCC.CCOc1c(Nc2ccc(Oc3ccnc4cc(C)c(C=O)cc34)cc2Cl)c(=O)c1=O.CN. The molecule has 0 saturated carbocycles. The molecule has 0 aliphatic carbocycles. The predicted molar refractivity (Wildman–Crippen MR) is 150 cm³/mol. The van der Waals surface area contributed by atoms with Crippen LogP contribution in [0.25, 0.3) is 10.9 Å². The number of aryl methyl sites for hydroxylation is 1. The number of unbranched alkanes of at least 4 members (excludes halogenated alkanes) is 1. The minimum atomic E-state index is -0.657. The van der Waals surface area contributed by atoms with Crippen LogP contribution in [0, 0.1) is 6.92 Å². The van der Waals surface area contributed by atoms with Gasteiger partial charge in [-0.25, -0.2) is 0 Å². The highest BCUT2D eigenvalue weighted by atomic mass is 35.5. The van der Waals surface area contributed by atoms with Gasteiger partial charge < -0.3 is 20.5 Å². The average Bonchev–Trinajstić information content (AvgIpc) is 2.92. The smallest absolute Gasteiger partial charge is 0.272 e. The minimum Gasteiger partial charge on any atom is -0.488 e. The van der Waals surface area contributed by atoms with Gasteiger partial charge in [0.2, 0.25) is 0 Å². The van der Waals surface area contributed by atoms with E-state index in [4.69, 9.17) is 21.1 Å². The number of aromatic nitrogens is 1. The van der Waals surface area contributed by atoms with Crippen LogP contribution in [0.1, 0.15) is 49.5 Å². The van der Waals surface area contributed by atoms with Crippen LogP contribution in [0.5, 0.6) is 17.2 Å². The highest BCUT2D eigenvalue weighted by Gasteiger charge is 2.23. The van der Waals surface area contributed by atoms with Gasteiger partial charge in [0.05, 0.1) is 22.8 Å². The first-order valence-corrected chi connectivity index (χ1v) is 12.3. The largest absolute Gasteiger partial charge is 0.488 e. The number of benzene rings is 2. The Labute approximate surface area is 221 Å². The second-order valence-electron chi connectivity index (χ2n) is 7.82. The third kappa shape index (κ3) is 6.93. The van der Waals surface area contributed by atoms with Crippen molar-refractivity contribution in [3.8, 4) is 17.2 Å². The number of nitrogens with one attached hydrogen (secondary N) is 1. The summed E-state index contributed by atoms with van der Waals surface area (Å²) < 4.78 is 11.2. The van der Waals surface area contributed by atoms with Gasteiger partial charge in [-0.15, -0.1) is 0 Å². The molecule has 0 aliphatic heterocycles. The lowest BCUT2D eigenvalue weighted by molar-refractivity contribution is 0.112. The summed E-state index contributed by atoms with van der Waals surface area (Å²) in [7, 11) is 1.50. The van der Waals surface area contributed by atoms with Gasteiger partial charge in [-0.3, -0.25) is 19.4 Å². The van der Waals surface area contributed by atoms with Crippen LogP contribution in [0.3, 0.4) is 0 Å². The van der Waals surface area contributed by atoms with Gasteiger partial charge in [-0.1, -0.05) is 38.3 Å². The summed E-state index contributed by atoms with van der Waals surface area (Å²) in [4.78, 5) is 39.1. The summed E-state index contributed by atoms with van der Waals surface area (Å²) in [5, 5.41) is 3.83. The lowest BCUT2D eigenvalue weighted by Crippen LogP contribution is -2.35. The second-order valence-corrected chi connectivity index (χ2v) is 8.22. The van der Waals surface area contributed by atoms with Crippen LogP contribution in [0.2, 0.25) is 5.02 Å². The van der Waals surface area contributed by atoms with Crippen molar-refractivity contribution in [3.05, 3.63) is 79.2 Å². The Kier molecular flexibility index (Phi) is 11.2. The standard InChI is InChI=1S/C23H17ClN2O5.C4H10.CH5N/c1-3-30-23-20(21(28)22(23)29)26-17-5-4-14(10-16(17)24)31-19-6-7-25-18-8-12(2)13(11-27)9-15(18)19;1-3-4-2;1-2/h4-11,26H,3H2,1-2H3;3-4H2,1-2H3;2H2,1H3. The number of pyridine rings is 1. The Morgan fingerprint density at radius 3 is 2.32 bits per heavy atom. The summed E-state index contributed by atoms with van der Waals surface area (Å²) in [6.07, 6.45) is 5.05. The van der Waals surface area contributed by atoms with Crippen LogP contribution < -0.4 is 31.4 Å². The Bertz CT molecular complexity index is 1430. The van der Waals surface area contributed by atoms with Crippen molar-refractivity contribution in [1.82, 2.24) is 4.98 Å². The van der Waals surface area contributed by atoms with Crippen LogP contribution >= 0.6 is 11.6 Å². The fourth-order valence-corrected chi connectivity index (χ4v) is 3.41. The number of nitrogens with two attached hydrogens (primary N) is 1. The molecule has 1 aromatic heterocycles. The molecule has 9 heteroatoms. The zero-order valence-electron chi connectivity index (χ0n) is 21.7. The maximum Gasteiger partial charge on any atom is 0.272 e. The quantitative estimate of drug-likeness (QED) is 0.215. The summed E-state index contributed by atoms with van der Waals surface area (Å²) in [5.41, 5.74) is 5.80. The molecule has 196 valence electrons. The molecular formula is C28H32ClN3O5. The average molecular weight is 526 g/mol. The van der Waals surface area contributed by atoms with Gasteiger partial charge >= 0.3 is 0 Å². The van der Waals surface area contributed by atoms with E-state index in [1.807, 2.05) is 13.0 Å². The van der Waals surface area contributed by atoms with Crippen LogP contribution in [-0.2, 0) is 0 Å². The number of ether oxygens (including phenoxy) is 2. The van der Waals surface area contributed by atoms with Gasteiger partial charge in [-0.2, -0.15) is 0 Å². The van der Waals surface area contributed by atoms with Crippen molar-refractivity contribution in [1.29, 1.82) is 0 Å². The zero-order valence-corrected chi connectivity index (χ0v) is 22.4. The molecule has 0 radical (unpaired) electrons. The Hall–Kier alpha value is -3.75. The van der Waals surface area contributed by atoms with E-state index < -0.39 is 10.9 Å². The molecule has 4 aromatic rings. The van der Waals surface area contributed by atoms with Crippen molar-refractivity contribution in [2.45, 2.75) is 40.5 Å². The van der Waals surface area contributed by atoms with Crippen LogP contribution in [0.4, 0.5) is 11.4 Å². The van der Waals surface area contributed by atoms with E-state index in [0.717, 1.165) is 11.8 Å². The molecule has 0 bridgehead atoms. The molecule has 1 heterocycles. The normalized spacial score (nSPS) is 10.1. The third-order valence-electron chi connectivity index (χ3n) is 5.30. The molecule has 0 aliphatic rings. The topological polar surface area (TPSA) is 121 Å². The fraction of sp³-hybridized carbons (Fsp3) is 0.286. The molecule has 0 unspecified atom stereocenters. The summed E-state index contributed by atoms with van der Waals surface area (Å²) in [6.45, 7) is 8.20. The molecule has 0 spiro atoms. The first kappa shape index (κ1) is 29.5. The predicted octanol–water partition coefficient (Wildman–Crippen LogP) is 5.92. The van der Waals surface area contributed by atoms with Gasteiger partial charge in [0.1, 0.15) is 23.5 Å². The van der Waals surface area contributed by atoms with Crippen molar-refractivity contribution in [2.75, 3.05) is 19.0 Å². The molecule has 0 saturated heterocycles. The summed E-state index contributed by atoms with van der Waals surface area (Å²) >= 11 is 6.36. The number of hydrogen-bond acceptors (Lipinski definition) is 8. The zero-order chi connectivity index (χ0) is 27.5. The Balaban J connectivity index is 0.000000733. The lowest BCUT2D eigenvalue weighted by Gasteiger charge is -2.15. The highest BCUT2D eigenvalue weighted by molar-refractivity contribution is 6.33. The molecule has 37 heavy (non-hydrogen) atoms. The molecule has 4 rings (SSSR count). The summed E-state index contributed by atoms with van der Waals surface area (Å²) in [5.74, 6) is 0.978. The van der Waals surface area contributed by atoms with E-state index in [1.165, 1.54) is 19.9 Å². The number of carbonyl (C=O) groups excluding carboxylic acids is 1. The van der Waals surface area contributed by atoms with E-state index in [2.05, 4.69) is 29.9 Å². The van der Waals surface area contributed by atoms with Gasteiger partial charge in [0, 0.05) is 23.2 Å². The van der Waals surface area contributed by atoms with Crippen LogP contribution in [0.15, 0.2) is 52.2 Å². The van der Waals surface area contributed by atoms with Gasteiger partial charge in [-0.05, 0) is 56.8 Å². The number of hydrogen-bond donors (Lipinski definition) is 2. The first-order chi connectivity index (χ1) is 17.8. The van der Waals surface area contributed by atoms with Crippen molar-refractivity contribution in [3.63, 3.8) is 0 Å². The van der Waals surface area contributed by atoms with Crippen molar-refractivity contribution < 1.29 is 14.3 Å². The number of anilines is 2. The number of nitrogens with zero attached hydrogens (tertiary/aromatic N) is 1. The fourth-order valence-electron chi connectivity index (χ4n) is 3.19. The number of rotatable bonds is 8. The Morgan fingerprint density at radius 2 is 1.73 bits per heavy atom. The van der Waals surface area contributed by atoms with Gasteiger partial charge in [0.15, 0.2) is 5.75 Å². The second kappa shape index (κ2) is 14.1. The first-order valence-electron chi connectivity index (χ1n) is 12.0. The Morgan fingerprint density at radius 1 is 1.03 bits per heavy atom. The number of aldehydes is 1. The highest BCUT2D eigenvalue weighted by Crippen LogP contribution is 2.35. The number of fused-ring (bicyclic) bond motifs is 1. The molecule has 0 fully saturated rings. The molecule has 3 N–H and O–H groups in total. The van der Waals surface area contributed by atoms with E-state index in [1.54, 1.807) is 43.5 Å². The molecule has 0 atom stereocenters. The summed E-state index contributed by atoms with van der Waals surface area (Å²) in [6, 6.07) is 10.1. The number of carbonyl (C=O) groups is 1. The maximum atomic E-state index is 11.8. The van der Waals surface area contributed by atoms with E-state index in [-0.39, 0.29) is 23.1 Å². The van der Waals surface area contributed by atoms with Crippen molar-refractivity contribution in [2.24, 2.45) is 5.73 Å². The number of halogens is 1. The third-order valence-corrected chi connectivity index (χ3v) is 5.61. The van der Waals surface area contributed by atoms with Crippen molar-refractivity contribution >= 4 is 40.2 Å². The lowest BCUT2D eigenvalue weighted by atomic mass is 10.1. The van der Waals surface area contributed by atoms with Crippen LogP contribution in [-0.4, -0.2) is 24.9 Å².